The molecule has 0 radical (unpaired) electrons. The van der Waals surface area contributed by atoms with Gasteiger partial charge in [0.1, 0.15) is 12.3 Å². The van der Waals surface area contributed by atoms with Crippen LogP contribution in [0.25, 0.3) is 0 Å². The zero-order valence-corrected chi connectivity index (χ0v) is 9.50. The highest BCUT2D eigenvalue weighted by molar-refractivity contribution is 5.77. The van der Waals surface area contributed by atoms with Crippen LogP contribution in [0.2, 0.25) is 0 Å². The van der Waals surface area contributed by atoms with Crippen LogP contribution in [-0.4, -0.2) is 28.6 Å². The molecule has 0 aliphatic carbocycles. The molecule has 1 heterocycles. The second-order valence-corrected chi connectivity index (χ2v) is 4.32. The monoisotopic (exact) mass is 259 g/mol. The molecule has 6 heteroatoms. The van der Waals surface area contributed by atoms with Crippen LogP contribution in [0, 0.1) is 0 Å². The second-order valence-electron chi connectivity index (χ2n) is 4.32. The number of carbonyl (C=O) groups is 1. The van der Waals surface area contributed by atoms with Gasteiger partial charge < -0.3 is 10.0 Å². The zero-order chi connectivity index (χ0) is 13.3. The first-order valence-electron chi connectivity index (χ1n) is 5.50. The van der Waals surface area contributed by atoms with Crippen molar-refractivity contribution in [3.8, 4) is 5.75 Å². The lowest BCUT2D eigenvalue weighted by Gasteiger charge is -2.22. The van der Waals surface area contributed by atoms with Crippen LogP contribution in [0.5, 0.6) is 5.75 Å². The fraction of sp³-hybridized carbons (Fsp3) is 0.417. The number of phenols is 1. The maximum absolute atomic E-state index is 12.4. The van der Waals surface area contributed by atoms with Crippen LogP contribution >= 0.6 is 0 Å². The van der Waals surface area contributed by atoms with Crippen LogP contribution in [-0.2, 0) is 17.8 Å². The van der Waals surface area contributed by atoms with Crippen molar-refractivity contribution in [2.24, 2.45) is 0 Å². The molecule has 2 rings (SSSR count). The van der Waals surface area contributed by atoms with Gasteiger partial charge in [0.15, 0.2) is 0 Å². The number of fused-ring (bicyclic) bond motifs is 1. The van der Waals surface area contributed by atoms with Crippen LogP contribution in [0.15, 0.2) is 18.2 Å². The molecule has 18 heavy (non-hydrogen) atoms. The summed E-state index contributed by atoms with van der Waals surface area (Å²) >= 11 is 0. The summed E-state index contributed by atoms with van der Waals surface area (Å²) in [6, 6.07) is 4.54. The zero-order valence-electron chi connectivity index (χ0n) is 9.50. The van der Waals surface area contributed by atoms with Crippen LogP contribution in [0.3, 0.4) is 0 Å². The molecule has 1 aliphatic rings. The Balaban J connectivity index is 2.26. The van der Waals surface area contributed by atoms with Gasteiger partial charge in [0.25, 0.3) is 0 Å². The first-order valence-corrected chi connectivity index (χ1v) is 5.50. The molecule has 0 saturated carbocycles. The first kappa shape index (κ1) is 12.7. The Labute approximate surface area is 102 Å². The quantitative estimate of drug-likeness (QED) is 0.840. The molecule has 1 aliphatic heterocycles. The summed E-state index contributed by atoms with van der Waals surface area (Å²) in [5, 5.41) is 9.34. The first-order chi connectivity index (χ1) is 8.35. The van der Waals surface area contributed by atoms with Crippen LogP contribution < -0.4 is 0 Å². The average Bonchev–Trinajstić information content (AvgIpc) is 2.37. The summed E-state index contributed by atoms with van der Waals surface area (Å²) in [5.41, 5.74) is 1.39. The van der Waals surface area contributed by atoms with Crippen molar-refractivity contribution in [3.63, 3.8) is 0 Å². The number of rotatable bonds is 1. The molecule has 0 atom stereocenters. The van der Waals surface area contributed by atoms with Crippen molar-refractivity contribution >= 4 is 5.91 Å². The van der Waals surface area contributed by atoms with E-state index in [4.69, 9.17) is 0 Å². The van der Waals surface area contributed by atoms with E-state index in [1.54, 1.807) is 6.07 Å². The largest absolute Gasteiger partial charge is 0.508 e. The van der Waals surface area contributed by atoms with E-state index in [0.29, 0.717) is 12.0 Å². The Hall–Kier alpha value is -1.72. The predicted molar refractivity (Wildman–Crippen MR) is 57.9 cm³/mol. The second kappa shape index (κ2) is 4.51. The molecule has 1 N–H and O–H groups in total. The molecule has 98 valence electrons. The van der Waals surface area contributed by atoms with Crippen molar-refractivity contribution < 1.29 is 23.1 Å². The normalized spacial score (nSPS) is 16.4. The number of amides is 1. The highest BCUT2D eigenvalue weighted by Gasteiger charge is 2.34. The summed E-state index contributed by atoms with van der Waals surface area (Å²) in [6.45, 7) is -1.36. The molecule has 0 aromatic heterocycles. The summed E-state index contributed by atoms with van der Waals surface area (Å²) in [4.78, 5) is 12.4. The van der Waals surface area contributed by atoms with Gasteiger partial charge in [-0.3, -0.25) is 4.79 Å². The van der Waals surface area contributed by atoms with Gasteiger partial charge in [-0.1, -0.05) is 6.07 Å². The van der Waals surface area contributed by atoms with Crippen molar-refractivity contribution in [1.29, 1.82) is 0 Å². The SMILES string of the molecule is O=C1CCc2ccc(O)cc2CN1CC(F)(F)F. The average molecular weight is 259 g/mol. The minimum atomic E-state index is -4.41. The lowest BCUT2D eigenvalue weighted by atomic mass is 10.0. The Morgan fingerprint density at radius 1 is 1.22 bits per heavy atom. The van der Waals surface area contributed by atoms with E-state index in [1.165, 1.54) is 12.1 Å². The van der Waals surface area contributed by atoms with E-state index in [-0.39, 0.29) is 18.7 Å². The van der Waals surface area contributed by atoms with Gasteiger partial charge in [-0.2, -0.15) is 13.2 Å². The Bertz CT molecular complexity index is 471. The predicted octanol–water partition coefficient (Wildman–Crippen LogP) is 2.23. The molecule has 1 aromatic rings. The number of phenolic OH excluding ortho intramolecular Hbond substituents is 1. The van der Waals surface area contributed by atoms with Crippen molar-refractivity contribution in [1.82, 2.24) is 4.90 Å². The maximum Gasteiger partial charge on any atom is 0.406 e. The topological polar surface area (TPSA) is 40.5 Å². The number of alkyl halides is 3. The summed E-state index contributed by atoms with van der Waals surface area (Å²) < 4.78 is 37.1. The van der Waals surface area contributed by atoms with E-state index in [1.807, 2.05) is 0 Å². The van der Waals surface area contributed by atoms with Gasteiger partial charge in [0.05, 0.1) is 0 Å². The van der Waals surface area contributed by atoms with Crippen molar-refractivity contribution in [2.75, 3.05) is 6.54 Å². The molecule has 0 saturated heterocycles. The maximum atomic E-state index is 12.4. The van der Waals surface area contributed by atoms with Gasteiger partial charge in [0.2, 0.25) is 5.91 Å². The van der Waals surface area contributed by atoms with E-state index < -0.39 is 18.6 Å². The van der Waals surface area contributed by atoms with Gasteiger partial charge in [-0.25, -0.2) is 0 Å². The highest BCUT2D eigenvalue weighted by Crippen LogP contribution is 2.26. The van der Waals surface area contributed by atoms with E-state index in [2.05, 4.69) is 0 Å². The number of halogens is 3. The third-order valence-corrected chi connectivity index (χ3v) is 2.88. The van der Waals surface area contributed by atoms with Crippen molar-refractivity contribution in [3.05, 3.63) is 29.3 Å². The number of benzene rings is 1. The number of aryl methyl sites for hydroxylation is 1. The number of hydrogen-bond donors (Lipinski definition) is 1. The summed E-state index contributed by atoms with van der Waals surface area (Å²) in [7, 11) is 0. The Kier molecular flexibility index (Phi) is 3.19. The molecule has 1 aromatic carbocycles. The highest BCUT2D eigenvalue weighted by atomic mass is 19.4. The Morgan fingerprint density at radius 2 is 1.94 bits per heavy atom. The van der Waals surface area contributed by atoms with Crippen molar-refractivity contribution in [2.45, 2.75) is 25.6 Å². The van der Waals surface area contributed by atoms with E-state index in [0.717, 1.165) is 10.5 Å². The third kappa shape index (κ3) is 2.94. The van der Waals surface area contributed by atoms with Crippen LogP contribution in [0.1, 0.15) is 17.5 Å². The minimum Gasteiger partial charge on any atom is -0.508 e. The molecule has 3 nitrogen and oxygen atoms in total. The van der Waals surface area contributed by atoms with Crippen LogP contribution in [0.4, 0.5) is 13.2 Å². The molecular formula is C12H12F3NO2. The summed E-state index contributed by atoms with van der Waals surface area (Å²) in [6.07, 6.45) is -3.94. The van der Waals surface area contributed by atoms with Gasteiger partial charge >= 0.3 is 6.18 Å². The molecule has 0 fully saturated rings. The lowest BCUT2D eigenvalue weighted by Crippen LogP contribution is -2.37. The Morgan fingerprint density at radius 3 is 2.61 bits per heavy atom. The van der Waals surface area contributed by atoms with Gasteiger partial charge in [-0.05, 0) is 29.7 Å². The van der Waals surface area contributed by atoms with E-state index >= 15 is 0 Å². The standard InChI is InChI=1S/C12H12F3NO2/c13-12(14,15)7-16-6-9-5-10(17)3-1-8(9)2-4-11(16)18/h1,3,5,17H,2,4,6-7H2. The molecule has 0 bridgehead atoms. The number of aromatic hydroxyl groups is 1. The lowest BCUT2D eigenvalue weighted by molar-refractivity contribution is -0.162. The minimum absolute atomic E-state index is 0.00458. The number of nitrogens with zero attached hydrogens (tertiary/aromatic N) is 1. The third-order valence-electron chi connectivity index (χ3n) is 2.88. The number of hydrogen-bond acceptors (Lipinski definition) is 2. The fourth-order valence-electron chi connectivity index (χ4n) is 2.06. The van der Waals surface area contributed by atoms with Gasteiger partial charge in [0, 0.05) is 13.0 Å². The smallest absolute Gasteiger partial charge is 0.406 e. The fourth-order valence-corrected chi connectivity index (χ4v) is 2.06. The molecule has 0 unspecified atom stereocenters. The number of carbonyl (C=O) groups excluding carboxylic acids is 1. The molecular weight excluding hydrogens is 247 g/mol. The molecule has 0 spiro atoms. The van der Waals surface area contributed by atoms with E-state index in [9.17, 15) is 23.1 Å². The van der Waals surface area contributed by atoms with Gasteiger partial charge in [-0.15, -0.1) is 0 Å². The summed E-state index contributed by atoms with van der Waals surface area (Å²) in [5.74, 6) is -0.516. The molecule has 1 amide bonds.